The number of amides is 1. The Hall–Kier alpha value is -1.60. The second-order valence-electron chi connectivity index (χ2n) is 9.24. The van der Waals surface area contributed by atoms with Gasteiger partial charge in [-0.25, -0.2) is 8.42 Å². The number of aryl methyl sites for hydroxylation is 2. The third-order valence-electron chi connectivity index (χ3n) is 6.21. The van der Waals surface area contributed by atoms with Gasteiger partial charge >= 0.3 is 0 Å². The summed E-state index contributed by atoms with van der Waals surface area (Å²) in [5.41, 5.74) is 4.68. The SMILES string of the molecule is C.Cc1cc(C)c(NC(=O)C(C)(C)C)c2c1CC1NS(=O)(=O)C3CCCC3N21. The molecule has 156 valence electrons. The van der Waals surface area contributed by atoms with E-state index >= 15 is 0 Å². The van der Waals surface area contributed by atoms with Crippen molar-refractivity contribution in [2.24, 2.45) is 5.41 Å². The summed E-state index contributed by atoms with van der Waals surface area (Å²) in [7, 11) is -3.29. The Morgan fingerprint density at radius 3 is 2.54 bits per heavy atom. The van der Waals surface area contributed by atoms with E-state index < -0.39 is 15.4 Å². The molecule has 0 bridgehead atoms. The molecule has 1 saturated heterocycles. The molecule has 2 heterocycles. The zero-order chi connectivity index (χ0) is 19.7. The normalized spacial score (nSPS) is 27.5. The molecule has 2 aliphatic heterocycles. The van der Waals surface area contributed by atoms with Crippen LogP contribution in [0.1, 0.15) is 64.2 Å². The molecule has 0 spiro atoms. The lowest BCUT2D eigenvalue weighted by molar-refractivity contribution is -0.123. The lowest BCUT2D eigenvalue weighted by Crippen LogP contribution is -2.62. The Balaban J connectivity index is 0.00000225. The average molecular weight is 408 g/mol. The highest BCUT2D eigenvalue weighted by Crippen LogP contribution is 2.48. The summed E-state index contributed by atoms with van der Waals surface area (Å²) in [5.74, 6) is -0.0272. The largest absolute Gasteiger partial charge is 0.348 e. The van der Waals surface area contributed by atoms with E-state index in [4.69, 9.17) is 0 Å². The molecule has 0 radical (unpaired) electrons. The highest BCUT2D eigenvalue weighted by atomic mass is 32.2. The van der Waals surface area contributed by atoms with Gasteiger partial charge in [0.15, 0.2) is 0 Å². The molecule has 3 aliphatic rings. The van der Waals surface area contributed by atoms with Gasteiger partial charge in [0.25, 0.3) is 0 Å². The summed E-state index contributed by atoms with van der Waals surface area (Å²) >= 11 is 0. The van der Waals surface area contributed by atoms with Crippen LogP contribution in [0.15, 0.2) is 6.07 Å². The van der Waals surface area contributed by atoms with E-state index in [1.807, 2.05) is 27.7 Å². The third kappa shape index (κ3) is 3.12. The molecule has 1 amide bonds. The number of anilines is 2. The van der Waals surface area contributed by atoms with Crippen LogP contribution < -0.4 is 14.9 Å². The number of carbonyl (C=O) groups excluding carboxylic acids is 1. The Kier molecular flexibility index (Phi) is 5.08. The second-order valence-corrected chi connectivity index (χ2v) is 11.2. The molecule has 3 atom stereocenters. The fourth-order valence-electron chi connectivity index (χ4n) is 4.82. The third-order valence-corrected chi connectivity index (χ3v) is 8.16. The zero-order valence-corrected chi connectivity index (χ0v) is 17.5. The van der Waals surface area contributed by atoms with Crippen molar-refractivity contribution in [3.63, 3.8) is 0 Å². The van der Waals surface area contributed by atoms with Crippen LogP contribution >= 0.6 is 0 Å². The Bertz CT molecular complexity index is 918. The van der Waals surface area contributed by atoms with E-state index in [-0.39, 0.29) is 30.8 Å². The van der Waals surface area contributed by atoms with Crippen LogP contribution in [0.3, 0.4) is 0 Å². The van der Waals surface area contributed by atoms with Crippen LogP contribution in [0.25, 0.3) is 0 Å². The maximum Gasteiger partial charge on any atom is 0.229 e. The summed E-state index contributed by atoms with van der Waals surface area (Å²) in [6, 6.07) is 2.07. The van der Waals surface area contributed by atoms with Gasteiger partial charge in [0.05, 0.1) is 22.8 Å². The molecule has 1 saturated carbocycles. The van der Waals surface area contributed by atoms with Gasteiger partial charge in [-0.2, -0.15) is 4.72 Å². The van der Waals surface area contributed by atoms with Crippen LogP contribution in [-0.2, 0) is 21.2 Å². The van der Waals surface area contributed by atoms with E-state index in [2.05, 4.69) is 27.9 Å². The summed E-state index contributed by atoms with van der Waals surface area (Å²) in [5, 5.41) is 2.78. The van der Waals surface area contributed by atoms with Gasteiger partial charge in [-0.05, 0) is 49.8 Å². The maximum atomic E-state index is 12.7. The number of benzene rings is 1. The molecule has 0 aromatic heterocycles. The minimum Gasteiger partial charge on any atom is -0.348 e. The van der Waals surface area contributed by atoms with E-state index in [0.717, 1.165) is 40.9 Å². The predicted molar refractivity (Wildman–Crippen MR) is 114 cm³/mol. The minimum atomic E-state index is -3.29. The Labute approximate surface area is 169 Å². The van der Waals surface area contributed by atoms with E-state index in [9.17, 15) is 13.2 Å². The van der Waals surface area contributed by atoms with Crippen molar-refractivity contribution in [3.8, 4) is 0 Å². The van der Waals surface area contributed by atoms with Crippen molar-refractivity contribution in [1.82, 2.24) is 4.72 Å². The molecular formula is C21H33N3O3S. The number of sulfonamides is 1. The fourth-order valence-corrected chi connectivity index (χ4v) is 6.73. The van der Waals surface area contributed by atoms with Crippen molar-refractivity contribution in [1.29, 1.82) is 0 Å². The summed E-state index contributed by atoms with van der Waals surface area (Å²) in [6.07, 6.45) is 2.88. The molecule has 7 heteroatoms. The molecule has 2 fully saturated rings. The fraction of sp³-hybridized carbons (Fsp3) is 0.667. The van der Waals surface area contributed by atoms with Crippen molar-refractivity contribution in [3.05, 3.63) is 22.8 Å². The van der Waals surface area contributed by atoms with Crippen LogP contribution in [0.2, 0.25) is 0 Å². The Morgan fingerprint density at radius 1 is 1.21 bits per heavy atom. The van der Waals surface area contributed by atoms with E-state index in [1.165, 1.54) is 0 Å². The topological polar surface area (TPSA) is 78.5 Å². The molecule has 1 aromatic carbocycles. The average Bonchev–Trinajstić information content (AvgIpc) is 3.14. The predicted octanol–water partition coefficient (Wildman–Crippen LogP) is 3.47. The summed E-state index contributed by atoms with van der Waals surface area (Å²) < 4.78 is 28.3. The quantitative estimate of drug-likeness (QED) is 0.747. The molecule has 28 heavy (non-hydrogen) atoms. The van der Waals surface area contributed by atoms with Gasteiger partial charge in [-0.1, -0.05) is 34.3 Å². The number of hydrogen-bond acceptors (Lipinski definition) is 4. The van der Waals surface area contributed by atoms with Gasteiger partial charge in [0, 0.05) is 17.9 Å². The van der Waals surface area contributed by atoms with Crippen LogP contribution in [0.5, 0.6) is 0 Å². The first-order valence-electron chi connectivity index (χ1n) is 9.74. The van der Waals surface area contributed by atoms with Crippen LogP contribution in [-0.4, -0.2) is 31.8 Å². The Morgan fingerprint density at radius 2 is 1.89 bits per heavy atom. The van der Waals surface area contributed by atoms with Crippen molar-refractivity contribution < 1.29 is 13.2 Å². The first-order valence-corrected chi connectivity index (χ1v) is 11.3. The molecule has 3 unspecified atom stereocenters. The smallest absolute Gasteiger partial charge is 0.229 e. The monoisotopic (exact) mass is 407 g/mol. The van der Waals surface area contributed by atoms with Crippen LogP contribution in [0.4, 0.5) is 11.4 Å². The highest BCUT2D eigenvalue weighted by Gasteiger charge is 2.52. The molecule has 4 rings (SSSR count). The van der Waals surface area contributed by atoms with Crippen LogP contribution in [0, 0.1) is 19.3 Å². The summed E-state index contributed by atoms with van der Waals surface area (Å²) in [4.78, 5) is 15.0. The molecule has 6 nitrogen and oxygen atoms in total. The maximum absolute atomic E-state index is 12.7. The van der Waals surface area contributed by atoms with Gasteiger partial charge < -0.3 is 10.2 Å². The van der Waals surface area contributed by atoms with Crippen molar-refractivity contribution in [2.75, 3.05) is 10.2 Å². The second kappa shape index (κ2) is 6.73. The molecular weight excluding hydrogens is 374 g/mol. The molecule has 2 N–H and O–H groups in total. The first-order chi connectivity index (χ1) is 12.5. The van der Waals surface area contributed by atoms with E-state index in [1.54, 1.807) is 0 Å². The van der Waals surface area contributed by atoms with Crippen molar-refractivity contribution in [2.45, 2.75) is 85.2 Å². The number of rotatable bonds is 1. The number of carbonyl (C=O) groups is 1. The molecule has 1 aliphatic carbocycles. The lowest BCUT2D eigenvalue weighted by Gasteiger charge is -2.42. The van der Waals surface area contributed by atoms with Gasteiger partial charge in [0.2, 0.25) is 15.9 Å². The van der Waals surface area contributed by atoms with Gasteiger partial charge in [-0.3, -0.25) is 4.79 Å². The zero-order valence-electron chi connectivity index (χ0n) is 16.7. The van der Waals surface area contributed by atoms with Gasteiger partial charge in [-0.15, -0.1) is 0 Å². The number of hydrogen-bond donors (Lipinski definition) is 2. The van der Waals surface area contributed by atoms with E-state index in [0.29, 0.717) is 12.8 Å². The standard InChI is InChI=1S/C20H29N3O3S.CH4/c1-11-9-12(2)17(21-19(24)20(3,4)5)18-13(11)10-16-22-27(25,26)15-8-6-7-14(15)23(16)18;/h9,14-16,22H,6-8,10H2,1-5H3,(H,21,24);1H4. The van der Waals surface area contributed by atoms with Crippen molar-refractivity contribution >= 4 is 27.3 Å². The number of nitrogens with one attached hydrogen (secondary N) is 2. The number of nitrogens with zero attached hydrogens (tertiary/aromatic N) is 1. The number of fused-ring (bicyclic) bond motifs is 5. The molecule has 1 aromatic rings. The van der Waals surface area contributed by atoms with Gasteiger partial charge in [0.1, 0.15) is 0 Å². The minimum absolute atomic E-state index is 0. The highest BCUT2D eigenvalue weighted by molar-refractivity contribution is 7.90. The lowest BCUT2D eigenvalue weighted by atomic mass is 9.94. The summed E-state index contributed by atoms with van der Waals surface area (Å²) in [6.45, 7) is 9.78. The first kappa shape index (κ1) is 21.1.